The summed E-state index contributed by atoms with van der Waals surface area (Å²) in [5, 5.41) is 12.1. The molecule has 0 aromatic heterocycles. The lowest BCUT2D eigenvalue weighted by Crippen LogP contribution is -2.53. The summed E-state index contributed by atoms with van der Waals surface area (Å²) >= 11 is 11.7. The van der Waals surface area contributed by atoms with Crippen molar-refractivity contribution < 1.29 is 14.7 Å². The number of rotatable bonds is 5. The first-order valence-electron chi connectivity index (χ1n) is 6.07. The van der Waals surface area contributed by atoms with E-state index >= 15 is 0 Å². The Balaban J connectivity index is 3.10. The van der Waals surface area contributed by atoms with Crippen molar-refractivity contribution in [1.29, 1.82) is 0 Å². The number of carbonyl (C=O) groups is 2. The molecule has 0 unspecified atom stereocenters. The fourth-order valence-corrected chi connectivity index (χ4v) is 2.27. The first-order valence-corrected chi connectivity index (χ1v) is 6.83. The van der Waals surface area contributed by atoms with E-state index in [2.05, 4.69) is 5.32 Å². The number of hydrogen-bond donors (Lipinski definition) is 3. The van der Waals surface area contributed by atoms with E-state index in [9.17, 15) is 14.7 Å². The molecule has 7 heteroatoms. The Bertz CT molecular complexity index is 519. The SMILES string of the molecule is CCC(CC)(NC(=O)c1cc(Cl)c(N)c(Cl)c1)C(=O)O. The number of anilines is 1. The molecule has 110 valence electrons. The molecule has 0 radical (unpaired) electrons. The molecule has 1 aromatic rings. The highest BCUT2D eigenvalue weighted by atomic mass is 35.5. The summed E-state index contributed by atoms with van der Waals surface area (Å²) in [4.78, 5) is 23.5. The Morgan fingerprint density at radius 1 is 1.25 bits per heavy atom. The number of amides is 1. The Morgan fingerprint density at radius 2 is 1.70 bits per heavy atom. The molecule has 0 aliphatic rings. The molecule has 0 atom stereocenters. The van der Waals surface area contributed by atoms with Gasteiger partial charge in [-0.1, -0.05) is 37.0 Å². The predicted molar refractivity (Wildman–Crippen MR) is 79.3 cm³/mol. The van der Waals surface area contributed by atoms with Crippen molar-refractivity contribution >= 4 is 40.8 Å². The molecule has 0 aliphatic heterocycles. The maximum Gasteiger partial charge on any atom is 0.329 e. The minimum absolute atomic E-state index is 0.150. The van der Waals surface area contributed by atoms with E-state index in [0.717, 1.165) is 0 Å². The van der Waals surface area contributed by atoms with Crippen molar-refractivity contribution in [2.24, 2.45) is 0 Å². The minimum Gasteiger partial charge on any atom is -0.480 e. The van der Waals surface area contributed by atoms with Crippen LogP contribution in [0.4, 0.5) is 5.69 Å². The second kappa shape index (κ2) is 6.33. The van der Waals surface area contributed by atoms with Crippen LogP contribution in [-0.4, -0.2) is 22.5 Å². The lowest BCUT2D eigenvalue weighted by atomic mass is 9.92. The molecule has 0 saturated heterocycles. The van der Waals surface area contributed by atoms with Gasteiger partial charge in [-0.2, -0.15) is 0 Å². The quantitative estimate of drug-likeness (QED) is 0.728. The summed E-state index contributed by atoms with van der Waals surface area (Å²) in [6.45, 7) is 3.39. The van der Waals surface area contributed by atoms with Crippen LogP contribution in [0.5, 0.6) is 0 Å². The molecule has 0 aliphatic carbocycles. The summed E-state index contributed by atoms with van der Waals surface area (Å²) in [6, 6.07) is 2.71. The largest absolute Gasteiger partial charge is 0.480 e. The zero-order valence-corrected chi connectivity index (χ0v) is 12.7. The maximum absolute atomic E-state index is 12.2. The van der Waals surface area contributed by atoms with Crippen LogP contribution in [0.3, 0.4) is 0 Å². The number of carbonyl (C=O) groups excluding carboxylic acids is 1. The highest BCUT2D eigenvalue weighted by molar-refractivity contribution is 6.39. The van der Waals surface area contributed by atoms with E-state index < -0.39 is 17.4 Å². The summed E-state index contributed by atoms with van der Waals surface area (Å²) in [5.74, 6) is -1.64. The van der Waals surface area contributed by atoms with Gasteiger partial charge in [-0.3, -0.25) is 4.79 Å². The van der Waals surface area contributed by atoms with Crippen molar-refractivity contribution in [3.63, 3.8) is 0 Å². The van der Waals surface area contributed by atoms with Crippen molar-refractivity contribution in [1.82, 2.24) is 5.32 Å². The molecular formula is C13H16Cl2N2O3. The molecule has 1 amide bonds. The number of halogens is 2. The highest BCUT2D eigenvalue weighted by Crippen LogP contribution is 2.29. The molecule has 4 N–H and O–H groups in total. The maximum atomic E-state index is 12.2. The standard InChI is InChI=1S/C13H16Cl2N2O3/c1-3-13(4-2,12(19)20)17-11(18)7-5-8(14)10(16)9(15)6-7/h5-6H,3-4,16H2,1-2H3,(H,17,18)(H,19,20). The summed E-state index contributed by atoms with van der Waals surface area (Å²) in [6.07, 6.45) is 0.530. The Hall–Kier alpha value is -1.46. The van der Waals surface area contributed by atoms with Gasteiger partial charge in [0.05, 0.1) is 15.7 Å². The molecular weight excluding hydrogens is 303 g/mol. The fraction of sp³-hybridized carbons (Fsp3) is 0.385. The van der Waals surface area contributed by atoms with Crippen LogP contribution in [-0.2, 0) is 4.79 Å². The second-order valence-electron chi connectivity index (χ2n) is 4.40. The monoisotopic (exact) mass is 318 g/mol. The third-order valence-electron chi connectivity index (χ3n) is 3.31. The van der Waals surface area contributed by atoms with Gasteiger partial charge in [0.25, 0.3) is 5.91 Å². The normalized spacial score (nSPS) is 11.2. The van der Waals surface area contributed by atoms with Crippen molar-refractivity contribution in [3.05, 3.63) is 27.7 Å². The van der Waals surface area contributed by atoms with Crippen molar-refractivity contribution in [2.75, 3.05) is 5.73 Å². The number of carboxylic acids is 1. The molecule has 0 bridgehead atoms. The van der Waals surface area contributed by atoms with E-state index in [1.165, 1.54) is 12.1 Å². The molecule has 20 heavy (non-hydrogen) atoms. The smallest absolute Gasteiger partial charge is 0.329 e. The van der Waals surface area contributed by atoms with Gasteiger partial charge in [0, 0.05) is 5.56 Å². The average molecular weight is 319 g/mol. The van der Waals surface area contributed by atoms with Crippen LogP contribution in [0.2, 0.25) is 10.0 Å². The molecule has 0 fully saturated rings. The zero-order valence-electron chi connectivity index (χ0n) is 11.2. The third kappa shape index (κ3) is 3.16. The molecule has 1 rings (SSSR count). The fourth-order valence-electron chi connectivity index (χ4n) is 1.79. The molecule has 1 aromatic carbocycles. The Labute approximate surface area is 127 Å². The number of nitrogens with one attached hydrogen (secondary N) is 1. The number of carboxylic acid groups (broad SMARTS) is 1. The van der Waals surface area contributed by atoms with E-state index in [-0.39, 0.29) is 34.1 Å². The van der Waals surface area contributed by atoms with Crippen molar-refractivity contribution in [2.45, 2.75) is 32.2 Å². The lowest BCUT2D eigenvalue weighted by Gasteiger charge is -2.28. The van der Waals surface area contributed by atoms with Gasteiger partial charge in [0.15, 0.2) is 0 Å². The third-order valence-corrected chi connectivity index (χ3v) is 3.94. The van der Waals surface area contributed by atoms with Gasteiger partial charge < -0.3 is 16.2 Å². The first kappa shape index (κ1) is 16.6. The summed E-state index contributed by atoms with van der Waals surface area (Å²) in [5.41, 5.74) is 4.63. The highest BCUT2D eigenvalue weighted by Gasteiger charge is 2.36. The van der Waals surface area contributed by atoms with Gasteiger partial charge in [0.1, 0.15) is 5.54 Å². The minimum atomic E-state index is -1.31. The van der Waals surface area contributed by atoms with Crippen LogP contribution in [0, 0.1) is 0 Å². The predicted octanol–water partition coefficient (Wildman–Crippen LogP) is 2.95. The molecule has 0 heterocycles. The van der Waals surface area contributed by atoms with Crippen LogP contribution >= 0.6 is 23.2 Å². The van der Waals surface area contributed by atoms with Gasteiger partial charge in [-0.15, -0.1) is 0 Å². The zero-order chi connectivity index (χ0) is 15.5. The number of benzene rings is 1. The number of nitrogens with two attached hydrogens (primary N) is 1. The number of hydrogen-bond acceptors (Lipinski definition) is 3. The van der Waals surface area contributed by atoms with Crippen LogP contribution < -0.4 is 11.1 Å². The second-order valence-corrected chi connectivity index (χ2v) is 5.22. The van der Waals surface area contributed by atoms with E-state index in [4.69, 9.17) is 28.9 Å². The van der Waals surface area contributed by atoms with E-state index in [1.54, 1.807) is 13.8 Å². The number of aliphatic carboxylic acids is 1. The molecule has 0 saturated carbocycles. The Kier molecular flexibility index (Phi) is 5.25. The number of nitrogen functional groups attached to an aromatic ring is 1. The first-order chi connectivity index (χ1) is 9.27. The average Bonchev–Trinajstić information content (AvgIpc) is 2.41. The van der Waals surface area contributed by atoms with Gasteiger partial charge in [-0.05, 0) is 25.0 Å². The topological polar surface area (TPSA) is 92.4 Å². The van der Waals surface area contributed by atoms with Gasteiger partial charge >= 0.3 is 5.97 Å². The molecule has 5 nitrogen and oxygen atoms in total. The van der Waals surface area contributed by atoms with Crippen LogP contribution in [0.25, 0.3) is 0 Å². The summed E-state index contributed by atoms with van der Waals surface area (Å²) in [7, 11) is 0. The lowest BCUT2D eigenvalue weighted by molar-refractivity contribution is -0.144. The molecule has 0 spiro atoms. The Morgan fingerprint density at radius 3 is 2.05 bits per heavy atom. The summed E-state index contributed by atoms with van der Waals surface area (Å²) < 4.78 is 0. The van der Waals surface area contributed by atoms with Crippen LogP contribution in [0.15, 0.2) is 12.1 Å². The van der Waals surface area contributed by atoms with Gasteiger partial charge in [0.2, 0.25) is 0 Å². The van der Waals surface area contributed by atoms with Gasteiger partial charge in [-0.25, -0.2) is 4.79 Å². The van der Waals surface area contributed by atoms with E-state index in [0.29, 0.717) is 0 Å². The van der Waals surface area contributed by atoms with Crippen LogP contribution in [0.1, 0.15) is 37.0 Å². The van der Waals surface area contributed by atoms with Crippen molar-refractivity contribution in [3.8, 4) is 0 Å². The van der Waals surface area contributed by atoms with E-state index in [1.807, 2.05) is 0 Å².